The maximum absolute atomic E-state index is 5.43. The van der Waals surface area contributed by atoms with Gasteiger partial charge in [0.2, 0.25) is 0 Å². The van der Waals surface area contributed by atoms with Gasteiger partial charge in [0.25, 0.3) is 0 Å². The Morgan fingerprint density at radius 3 is 2.82 bits per heavy atom. The zero-order valence-corrected chi connectivity index (χ0v) is 11.6. The van der Waals surface area contributed by atoms with Crippen LogP contribution in [0.3, 0.4) is 0 Å². The third-order valence-electron chi connectivity index (χ3n) is 3.09. The van der Waals surface area contributed by atoms with E-state index in [1.165, 1.54) is 20.5 Å². The van der Waals surface area contributed by atoms with Crippen molar-refractivity contribution in [2.24, 2.45) is 0 Å². The number of ether oxygens (including phenoxy) is 1. The molecule has 1 heterocycles. The monoisotopic (exact) mass is 249 g/mol. The lowest BCUT2D eigenvalue weighted by molar-refractivity contribution is 0.420. The van der Waals surface area contributed by atoms with Gasteiger partial charge in [-0.05, 0) is 37.4 Å². The Hall–Kier alpha value is -1.06. The Balaban J connectivity index is 2.56. The van der Waals surface area contributed by atoms with Gasteiger partial charge < -0.3 is 10.1 Å². The van der Waals surface area contributed by atoms with Gasteiger partial charge in [-0.15, -0.1) is 11.3 Å². The highest BCUT2D eigenvalue weighted by Crippen LogP contribution is 2.39. The minimum Gasteiger partial charge on any atom is -0.495 e. The van der Waals surface area contributed by atoms with Crippen LogP contribution in [0.1, 0.15) is 30.3 Å². The molecule has 0 radical (unpaired) electrons. The van der Waals surface area contributed by atoms with Gasteiger partial charge in [0, 0.05) is 10.9 Å². The van der Waals surface area contributed by atoms with Gasteiger partial charge in [-0.25, -0.2) is 0 Å². The molecule has 0 aliphatic carbocycles. The molecule has 2 rings (SSSR count). The van der Waals surface area contributed by atoms with Crippen LogP contribution in [0.5, 0.6) is 5.75 Å². The Morgan fingerprint density at radius 1 is 1.41 bits per heavy atom. The fourth-order valence-electron chi connectivity index (χ4n) is 2.21. The summed E-state index contributed by atoms with van der Waals surface area (Å²) in [5.74, 6) is 0.977. The second-order valence-electron chi connectivity index (χ2n) is 4.21. The molecule has 0 saturated carbocycles. The number of hydrogen-bond donors (Lipinski definition) is 1. The molecule has 2 aromatic rings. The van der Waals surface area contributed by atoms with Crippen molar-refractivity contribution >= 4 is 21.4 Å². The van der Waals surface area contributed by atoms with Crippen molar-refractivity contribution in [1.29, 1.82) is 0 Å². The standard InChI is InChI=1S/C14H19NOS/c1-5-15-10(3)13-9(2)11-7-6-8-12(16-4)14(11)17-13/h6-8,10,15H,5H2,1-4H3. The normalized spacial score (nSPS) is 12.9. The average Bonchev–Trinajstić information content (AvgIpc) is 2.67. The quantitative estimate of drug-likeness (QED) is 0.887. The first-order valence-corrected chi connectivity index (χ1v) is 6.80. The van der Waals surface area contributed by atoms with E-state index in [-0.39, 0.29) is 0 Å². The van der Waals surface area contributed by atoms with Crippen LogP contribution in [0.15, 0.2) is 18.2 Å². The molecule has 0 aliphatic heterocycles. The lowest BCUT2D eigenvalue weighted by atomic mass is 10.1. The summed E-state index contributed by atoms with van der Waals surface area (Å²) < 4.78 is 6.68. The minimum absolute atomic E-state index is 0.405. The summed E-state index contributed by atoms with van der Waals surface area (Å²) in [6.07, 6.45) is 0. The van der Waals surface area contributed by atoms with Crippen LogP contribution in [0.4, 0.5) is 0 Å². The van der Waals surface area contributed by atoms with E-state index in [0.717, 1.165) is 12.3 Å². The molecule has 0 amide bonds. The first-order valence-electron chi connectivity index (χ1n) is 5.98. The fraction of sp³-hybridized carbons (Fsp3) is 0.429. The Kier molecular flexibility index (Phi) is 3.69. The largest absolute Gasteiger partial charge is 0.495 e. The predicted molar refractivity (Wildman–Crippen MR) is 75.2 cm³/mol. The van der Waals surface area contributed by atoms with E-state index in [9.17, 15) is 0 Å². The molecular weight excluding hydrogens is 230 g/mol. The first-order chi connectivity index (χ1) is 8.19. The van der Waals surface area contributed by atoms with E-state index in [0.29, 0.717) is 6.04 Å². The van der Waals surface area contributed by atoms with Crippen LogP contribution in [0.2, 0.25) is 0 Å². The lowest BCUT2D eigenvalue weighted by Crippen LogP contribution is -2.17. The van der Waals surface area contributed by atoms with Gasteiger partial charge in [0.05, 0.1) is 11.8 Å². The molecule has 0 saturated heterocycles. The summed E-state index contributed by atoms with van der Waals surface area (Å²) in [5, 5.41) is 4.78. The second kappa shape index (κ2) is 5.07. The van der Waals surface area contributed by atoms with Crippen LogP contribution in [-0.4, -0.2) is 13.7 Å². The molecule has 1 unspecified atom stereocenters. The molecule has 1 N–H and O–H groups in total. The summed E-state index contributed by atoms with van der Waals surface area (Å²) in [4.78, 5) is 1.41. The number of nitrogens with one attached hydrogen (secondary N) is 1. The number of aryl methyl sites for hydroxylation is 1. The second-order valence-corrected chi connectivity index (χ2v) is 5.26. The van der Waals surface area contributed by atoms with E-state index < -0.39 is 0 Å². The molecular formula is C14H19NOS. The number of fused-ring (bicyclic) bond motifs is 1. The molecule has 2 nitrogen and oxygen atoms in total. The van der Waals surface area contributed by atoms with Crippen molar-refractivity contribution < 1.29 is 4.74 Å². The third-order valence-corrected chi connectivity index (χ3v) is 4.59. The molecule has 92 valence electrons. The van der Waals surface area contributed by atoms with Crippen molar-refractivity contribution in [3.8, 4) is 5.75 Å². The molecule has 0 spiro atoms. The molecule has 0 fully saturated rings. The van der Waals surface area contributed by atoms with Crippen LogP contribution < -0.4 is 10.1 Å². The number of benzene rings is 1. The van der Waals surface area contributed by atoms with Gasteiger partial charge in [-0.3, -0.25) is 0 Å². The molecule has 1 aromatic carbocycles. The highest BCUT2D eigenvalue weighted by atomic mass is 32.1. The average molecular weight is 249 g/mol. The van der Waals surface area contributed by atoms with Crippen molar-refractivity contribution in [3.63, 3.8) is 0 Å². The Morgan fingerprint density at radius 2 is 2.18 bits per heavy atom. The van der Waals surface area contributed by atoms with Gasteiger partial charge in [0.1, 0.15) is 5.75 Å². The maximum atomic E-state index is 5.43. The van der Waals surface area contributed by atoms with Gasteiger partial charge in [-0.2, -0.15) is 0 Å². The fourth-order valence-corrected chi connectivity index (χ4v) is 3.53. The number of hydrogen-bond acceptors (Lipinski definition) is 3. The predicted octanol–water partition coefficient (Wildman–Crippen LogP) is 3.89. The Labute approximate surface area is 107 Å². The molecule has 1 atom stereocenters. The summed E-state index contributed by atoms with van der Waals surface area (Å²) in [6.45, 7) is 7.54. The molecule has 0 aliphatic rings. The topological polar surface area (TPSA) is 21.3 Å². The highest BCUT2D eigenvalue weighted by molar-refractivity contribution is 7.19. The summed E-state index contributed by atoms with van der Waals surface area (Å²) in [7, 11) is 1.73. The SMILES string of the molecule is CCNC(C)c1sc2c(OC)cccc2c1C. The van der Waals surface area contributed by atoms with E-state index in [4.69, 9.17) is 4.74 Å². The number of methoxy groups -OCH3 is 1. The summed E-state index contributed by atoms with van der Waals surface area (Å²) >= 11 is 1.84. The number of rotatable bonds is 4. The van der Waals surface area contributed by atoms with E-state index in [1.54, 1.807) is 7.11 Å². The van der Waals surface area contributed by atoms with Crippen LogP contribution in [0.25, 0.3) is 10.1 Å². The van der Waals surface area contributed by atoms with Crippen LogP contribution in [-0.2, 0) is 0 Å². The minimum atomic E-state index is 0.405. The zero-order chi connectivity index (χ0) is 12.4. The smallest absolute Gasteiger partial charge is 0.136 e. The number of thiophene rings is 1. The van der Waals surface area contributed by atoms with Gasteiger partial charge >= 0.3 is 0 Å². The van der Waals surface area contributed by atoms with Crippen LogP contribution >= 0.6 is 11.3 Å². The Bertz CT molecular complexity index is 518. The highest BCUT2D eigenvalue weighted by Gasteiger charge is 2.15. The molecule has 1 aromatic heterocycles. The molecule has 0 bridgehead atoms. The maximum Gasteiger partial charge on any atom is 0.136 e. The van der Waals surface area contributed by atoms with E-state index in [2.05, 4.69) is 38.2 Å². The van der Waals surface area contributed by atoms with Crippen molar-refractivity contribution in [1.82, 2.24) is 5.32 Å². The van der Waals surface area contributed by atoms with E-state index >= 15 is 0 Å². The summed E-state index contributed by atoms with van der Waals surface area (Å²) in [5.41, 5.74) is 1.37. The zero-order valence-electron chi connectivity index (χ0n) is 10.8. The van der Waals surface area contributed by atoms with Gasteiger partial charge in [0.15, 0.2) is 0 Å². The van der Waals surface area contributed by atoms with Gasteiger partial charge in [-0.1, -0.05) is 19.1 Å². The first kappa shape index (κ1) is 12.4. The van der Waals surface area contributed by atoms with Crippen molar-refractivity contribution in [3.05, 3.63) is 28.6 Å². The van der Waals surface area contributed by atoms with E-state index in [1.807, 2.05) is 17.4 Å². The molecule has 17 heavy (non-hydrogen) atoms. The van der Waals surface area contributed by atoms with Crippen molar-refractivity contribution in [2.75, 3.05) is 13.7 Å². The molecule has 3 heteroatoms. The van der Waals surface area contributed by atoms with Crippen LogP contribution in [0, 0.1) is 6.92 Å². The lowest BCUT2D eigenvalue weighted by Gasteiger charge is -2.11. The third kappa shape index (κ3) is 2.17. The van der Waals surface area contributed by atoms with Crippen molar-refractivity contribution in [2.45, 2.75) is 26.8 Å². The summed E-state index contributed by atoms with van der Waals surface area (Å²) in [6, 6.07) is 6.66.